The van der Waals surface area contributed by atoms with E-state index in [4.69, 9.17) is 5.73 Å². The van der Waals surface area contributed by atoms with Crippen LogP contribution in [-0.4, -0.2) is 16.0 Å². The lowest BCUT2D eigenvalue weighted by molar-refractivity contribution is 0.887. The van der Waals surface area contributed by atoms with Crippen molar-refractivity contribution in [2.45, 2.75) is 19.9 Å². The Kier molecular flexibility index (Phi) is 2.25. The minimum Gasteiger partial charge on any atom is -0.381 e. The Bertz CT molecular complexity index is 234. The molecule has 11 heavy (non-hydrogen) atoms. The zero-order valence-corrected chi connectivity index (χ0v) is 6.70. The fourth-order valence-corrected chi connectivity index (χ4v) is 0.733. The summed E-state index contributed by atoms with van der Waals surface area (Å²) in [6.45, 7) is 4.04. The minimum absolute atomic E-state index is 0.328. The highest BCUT2D eigenvalue weighted by atomic mass is 15.1. The molecule has 1 aromatic rings. The molecule has 1 heterocycles. The van der Waals surface area contributed by atoms with Crippen LogP contribution in [0.3, 0.4) is 0 Å². The molecule has 3 N–H and O–H groups in total. The van der Waals surface area contributed by atoms with Crippen LogP contribution in [-0.2, 0) is 0 Å². The predicted octanol–water partition coefficient (Wildman–Crippen LogP) is 0.879. The molecule has 0 saturated carbocycles. The highest BCUT2D eigenvalue weighted by molar-refractivity contribution is 5.55. The van der Waals surface area contributed by atoms with Gasteiger partial charge in [-0.15, -0.1) is 0 Å². The SMILES string of the molecule is CC(C)Nc1nccnc1N. The average Bonchev–Trinajstić information content (AvgIpc) is 1.93. The van der Waals surface area contributed by atoms with Gasteiger partial charge in [-0.25, -0.2) is 9.97 Å². The lowest BCUT2D eigenvalue weighted by Gasteiger charge is -2.09. The van der Waals surface area contributed by atoms with Crippen LogP contribution in [0, 0.1) is 0 Å². The van der Waals surface area contributed by atoms with Gasteiger partial charge in [0.25, 0.3) is 0 Å². The topological polar surface area (TPSA) is 63.8 Å². The molecule has 0 atom stereocenters. The van der Waals surface area contributed by atoms with Gasteiger partial charge in [-0.1, -0.05) is 0 Å². The molecule has 0 saturated heterocycles. The molecule has 0 spiro atoms. The summed E-state index contributed by atoms with van der Waals surface area (Å²) in [6, 6.07) is 0.328. The molecular weight excluding hydrogens is 140 g/mol. The van der Waals surface area contributed by atoms with Crippen LogP contribution < -0.4 is 11.1 Å². The van der Waals surface area contributed by atoms with Crippen molar-refractivity contribution >= 4 is 11.6 Å². The standard InChI is InChI=1S/C7H12N4/c1-5(2)11-7-6(8)9-3-4-10-7/h3-5H,1-2H3,(H2,8,9)(H,10,11). The molecule has 4 heteroatoms. The molecule has 60 valence electrons. The van der Waals surface area contributed by atoms with Gasteiger partial charge in [0, 0.05) is 18.4 Å². The number of nitrogen functional groups attached to an aromatic ring is 1. The molecule has 0 fully saturated rings. The van der Waals surface area contributed by atoms with Gasteiger partial charge in [0.2, 0.25) is 0 Å². The second-order valence-electron chi connectivity index (χ2n) is 2.59. The number of nitrogens with two attached hydrogens (primary N) is 1. The molecule has 0 aliphatic carbocycles. The van der Waals surface area contributed by atoms with Crippen LogP contribution >= 0.6 is 0 Å². The van der Waals surface area contributed by atoms with E-state index in [0.717, 1.165) is 0 Å². The van der Waals surface area contributed by atoms with Crippen molar-refractivity contribution in [3.63, 3.8) is 0 Å². The van der Waals surface area contributed by atoms with Crippen molar-refractivity contribution in [3.8, 4) is 0 Å². The Morgan fingerprint density at radius 1 is 1.36 bits per heavy atom. The molecule has 0 aliphatic heterocycles. The number of anilines is 2. The van der Waals surface area contributed by atoms with E-state index in [1.54, 1.807) is 12.4 Å². The number of rotatable bonds is 2. The molecule has 0 bridgehead atoms. The lowest BCUT2D eigenvalue weighted by Crippen LogP contribution is -2.13. The molecule has 0 aromatic carbocycles. The number of nitrogens with one attached hydrogen (secondary N) is 1. The van der Waals surface area contributed by atoms with Crippen LogP contribution in [0.5, 0.6) is 0 Å². The van der Waals surface area contributed by atoms with E-state index >= 15 is 0 Å². The fourth-order valence-electron chi connectivity index (χ4n) is 0.733. The van der Waals surface area contributed by atoms with Crippen molar-refractivity contribution in [3.05, 3.63) is 12.4 Å². The predicted molar refractivity (Wildman–Crippen MR) is 45.2 cm³/mol. The minimum atomic E-state index is 0.328. The van der Waals surface area contributed by atoms with Crippen molar-refractivity contribution in [1.82, 2.24) is 9.97 Å². The van der Waals surface area contributed by atoms with Crippen molar-refractivity contribution in [2.24, 2.45) is 0 Å². The molecule has 0 radical (unpaired) electrons. The first-order valence-electron chi connectivity index (χ1n) is 3.53. The maximum Gasteiger partial charge on any atom is 0.169 e. The molecule has 1 rings (SSSR count). The molecule has 0 aliphatic rings. The van der Waals surface area contributed by atoms with Gasteiger partial charge in [0.05, 0.1) is 0 Å². The Morgan fingerprint density at radius 2 is 2.00 bits per heavy atom. The summed E-state index contributed by atoms with van der Waals surface area (Å²) in [7, 11) is 0. The maximum atomic E-state index is 5.53. The summed E-state index contributed by atoms with van der Waals surface area (Å²) >= 11 is 0. The summed E-state index contributed by atoms with van der Waals surface area (Å²) in [6.07, 6.45) is 3.18. The average molecular weight is 152 g/mol. The highest BCUT2D eigenvalue weighted by Crippen LogP contribution is 2.09. The van der Waals surface area contributed by atoms with Gasteiger partial charge < -0.3 is 11.1 Å². The maximum absolute atomic E-state index is 5.53. The first-order chi connectivity index (χ1) is 5.20. The largest absolute Gasteiger partial charge is 0.381 e. The van der Waals surface area contributed by atoms with Crippen LogP contribution in [0.2, 0.25) is 0 Å². The Hall–Kier alpha value is -1.32. The van der Waals surface area contributed by atoms with E-state index < -0.39 is 0 Å². The zero-order valence-electron chi connectivity index (χ0n) is 6.70. The van der Waals surface area contributed by atoms with E-state index in [1.165, 1.54) is 0 Å². The normalized spacial score (nSPS) is 10.1. The van der Waals surface area contributed by atoms with E-state index in [1.807, 2.05) is 13.8 Å². The van der Waals surface area contributed by atoms with Gasteiger partial charge >= 0.3 is 0 Å². The number of nitrogens with zero attached hydrogens (tertiary/aromatic N) is 2. The van der Waals surface area contributed by atoms with E-state index in [9.17, 15) is 0 Å². The third kappa shape index (κ3) is 2.07. The van der Waals surface area contributed by atoms with Gasteiger partial charge in [0.15, 0.2) is 11.6 Å². The van der Waals surface area contributed by atoms with Gasteiger partial charge in [-0.2, -0.15) is 0 Å². The van der Waals surface area contributed by atoms with E-state index in [-0.39, 0.29) is 0 Å². The second-order valence-corrected chi connectivity index (χ2v) is 2.59. The van der Waals surface area contributed by atoms with Crippen molar-refractivity contribution in [2.75, 3.05) is 11.1 Å². The zero-order chi connectivity index (χ0) is 8.27. The summed E-state index contributed by atoms with van der Waals surface area (Å²) in [5.74, 6) is 1.10. The highest BCUT2D eigenvalue weighted by Gasteiger charge is 2.00. The van der Waals surface area contributed by atoms with Gasteiger partial charge in [-0.3, -0.25) is 0 Å². The van der Waals surface area contributed by atoms with Crippen LogP contribution in [0.4, 0.5) is 11.6 Å². The molecule has 0 unspecified atom stereocenters. The first-order valence-corrected chi connectivity index (χ1v) is 3.53. The summed E-state index contributed by atoms with van der Waals surface area (Å²) in [4.78, 5) is 7.90. The molecular formula is C7H12N4. The first kappa shape index (κ1) is 7.78. The van der Waals surface area contributed by atoms with Gasteiger partial charge in [-0.05, 0) is 13.8 Å². The quantitative estimate of drug-likeness (QED) is 0.660. The van der Waals surface area contributed by atoms with Crippen molar-refractivity contribution in [1.29, 1.82) is 0 Å². The summed E-state index contributed by atoms with van der Waals surface area (Å²) < 4.78 is 0. The number of aromatic nitrogens is 2. The Labute approximate surface area is 65.9 Å². The number of hydrogen-bond acceptors (Lipinski definition) is 4. The Balaban J connectivity index is 2.78. The molecule has 4 nitrogen and oxygen atoms in total. The van der Waals surface area contributed by atoms with E-state index in [2.05, 4.69) is 15.3 Å². The van der Waals surface area contributed by atoms with Gasteiger partial charge in [0.1, 0.15) is 0 Å². The molecule has 0 amide bonds. The third-order valence-electron chi connectivity index (χ3n) is 1.15. The van der Waals surface area contributed by atoms with E-state index in [0.29, 0.717) is 17.7 Å². The third-order valence-corrected chi connectivity index (χ3v) is 1.15. The van der Waals surface area contributed by atoms with Crippen molar-refractivity contribution < 1.29 is 0 Å². The smallest absolute Gasteiger partial charge is 0.169 e. The lowest BCUT2D eigenvalue weighted by atomic mass is 10.4. The summed E-state index contributed by atoms with van der Waals surface area (Å²) in [5.41, 5.74) is 5.53. The number of hydrogen-bond donors (Lipinski definition) is 2. The monoisotopic (exact) mass is 152 g/mol. The fraction of sp³-hybridized carbons (Fsp3) is 0.429. The van der Waals surface area contributed by atoms with Crippen LogP contribution in [0.1, 0.15) is 13.8 Å². The second kappa shape index (κ2) is 3.18. The Morgan fingerprint density at radius 3 is 2.55 bits per heavy atom. The molecule has 1 aromatic heterocycles. The van der Waals surface area contributed by atoms with Crippen LogP contribution in [0.25, 0.3) is 0 Å². The summed E-state index contributed by atoms with van der Waals surface area (Å²) in [5, 5.41) is 3.07. The van der Waals surface area contributed by atoms with Crippen LogP contribution in [0.15, 0.2) is 12.4 Å².